The Kier molecular flexibility index (Phi) is 6.53. The first kappa shape index (κ1) is 12.6. The van der Waals surface area contributed by atoms with Crippen LogP contribution in [0.2, 0.25) is 0 Å². The minimum Gasteiger partial charge on any atom is -0.318 e. The molecule has 1 unspecified atom stereocenters. The highest BCUT2D eigenvalue weighted by Crippen LogP contribution is 2.28. The van der Waals surface area contributed by atoms with Crippen molar-refractivity contribution in [1.82, 2.24) is 5.32 Å². The van der Waals surface area contributed by atoms with Crippen LogP contribution in [0.15, 0.2) is 30.3 Å². The van der Waals surface area contributed by atoms with Crippen LogP contribution in [0.25, 0.3) is 0 Å². The van der Waals surface area contributed by atoms with Gasteiger partial charge in [-0.25, -0.2) is 0 Å². The molecule has 15 heavy (non-hydrogen) atoms. The molecule has 84 valence electrons. The second-order valence-electron chi connectivity index (χ2n) is 3.68. The summed E-state index contributed by atoms with van der Waals surface area (Å²) >= 11 is 2.06. The molecule has 0 aromatic heterocycles. The fraction of sp³-hybridized carbons (Fsp3) is 0.538. The molecule has 1 nitrogen and oxygen atoms in total. The number of likely N-dealkylation sites (N-methyl/N-ethyl adjacent to an activating group) is 1. The summed E-state index contributed by atoms with van der Waals surface area (Å²) in [6.07, 6.45) is 2.60. The van der Waals surface area contributed by atoms with E-state index in [0.717, 1.165) is 6.54 Å². The third kappa shape index (κ3) is 4.72. The molecule has 0 aliphatic carbocycles. The quantitative estimate of drug-likeness (QED) is 0.710. The first-order valence-corrected chi connectivity index (χ1v) is 6.74. The van der Waals surface area contributed by atoms with E-state index in [4.69, 9.17) is 0 Å². The van der Waals surface area contributed by atoms with Crippen LogP contribution in [0.1, 0.15) is 30.6 Å². The van der Waals surface area contributed by atoms with Gasteiger partial charge in [0.05, 0.1) is 0 Å². The Morgan fingerprint density at radius 1 is 1.27 bits per heavy atom. The van der Waals surface area contributed by atoms with Gasteiger partial charge in [0.25, 0.3) is 0 Å². The predicted molar refractivity (Wildman–Crippen MR) is 70.5 cm³/mol. The average molecular weight is 223 g/mol. The van der Waals surface area contributed by atoms with Crippen LogP contribution in [-0.4, -0.2) is 19.3 Å². The Bertz CT molecular complexity index is 248. The predicted octanol–water partition coefficient (Wildman–Crippen LogP) is 3.48. The van der Waals surface area contributed by atoms with Crippen LogP contribution >= 0.6 is 11.8 Å². The summed E-state index contributed by atoms with van der Waals surface area (Å²) in [7, 11) is 2.02. The minimum absolute atomic E-state index is 0.600. The molecule has 1 rings (SSSR count). The molecule has 0 aliphatic rings. The number of thioether (sulfide) groups is 1. The Labute approximate surface area is 97.7 Å². The van der Waals surface area contributed by atoms with E-state index < -0.39 is 0 Å². The summed E-state index contributed by atoms with van der Waals surface area (Å²) in [5.74, 6) is 1.26. The Hall–Kier alpha value is -0.470. The number of benzene rings is 1. The number of nitrogens with one attached hydrogen (secondary N) is 1. The molecule has 1 aromatic carbocycles. The highest BCUT2D eigenvalue weighted by molar-refractivity contribution is 7.99. The van der Waals surface area contributed by atoms with E-state index in [-0.39, 0.29) is 0 Å². The SMILES string of the molecule is CCCCSC(CNC)c1ccccc1. The first-order chi connectivity index (χ1) is 7.38. The maximum atomic E-state index is 3.27. The minimum atomic E-state index is 0.600. The molecule has 1 aromatic rings. The number of rotatable bonds is 7. The van der Waals surface area contributed by atoms with Gasteiger partial charge in [-0.05, 0) is 24.8 Å². The molecule has 0 saturated heterocycles. The largest absolute Gasteiger partial charge is 0.318 e. The van der Waals surface area contributed by atoms with Crippen LogP contribution in [0.3, 0.4) is 0 Å². The molecule has 0 saturated carbocycles. The van der Waals surface area contributed by atoms with Gasteiger partial charge in [0.2, 0.25) is 0 Å². The highest BCUT2D eigenvalue weighted by atomic mass is 32.2. The molecular formula is C13H21NS. The van der Waals surface area contributed by atoms with Gasteiger partial charge < -0.3 is 5.32 Å². The van der Waals surface area contributed by atoms with Gasteiger partial charge in [-0.3, -0.25) is 0 Å². The lowest BCUT2D eigenvalue weighted by molar-refractivity contribution is 0.775. The van der Waals surface area contributed by atoms with Crippen LogP contribution in [-0.2, 0) is 0 Å². The van der Waals surface area contributed by atoms with Gasteiger partial charge in [-0.2, -0.15) is 11.8 Å². The summed E-state index contributed by atoms with van der Waals surface area (Å²) in [4.78, 5) is 0. The normalized spacial score (nSPS) is 12.7. The fourth-order valence-corrected chi connectivity index (χ4v) is 2.87. The van der Waals surface area contributed by atoms with Crippen molar-refractivity contribution >= 4 is 11.8 Å². The third-order valence-electron chi connectivity index (χ3n) is 2.38. The number of hydrogen-bond donors (Lipinski definition) is 1. The molecule has 1 atom stereocenters. The first-order valence-electron chi connectivity index (χ1n) is 5.69. The van der Waals surface area contributed by atoms with Crippen molar-refractivity contribution < 1.29 is 0 Å². The zero-order valence-electron chi connectivity index (χ0n) is 9.70. The maximum absolute atomic E-state index is 3.27. The van der Waals surface area contributed by atoms with Crippen molar-refractivity contribution in [1.29, 1.82) is 0 Å². The fourth-order valence-electron chi connectivity index (χ4n) is 1.50. The lowest BCUT2D eigenvalue weighted by Gasteiger charge is -2.16. The molecule has 0 radical (unpaired) electrons. The van der Waals surface area contributed by atoms with Crippen molar-refractivity contribution in [3.05, 3.63) is 35.9 Å². The van der Waals surface area contributed by atoms with Crippen LogP contribution in [0.4, 0.5) is 0 Å². The third-order valence-corrected chi connectivity index (χ3v) is 3.74. The van der Waals surface area contributed by atoms with Gasteiger partial charge in [0.1, 0.15) is 0 Å². The smallest absolute Gasteiger partial charge is 0.0421 e. The number of hydrogen-bond acceptors (Lipinski definition) is 2. The monoisotopic (exact) mass is 223 g/mol. The van der Waals surface area contributed by atoms with Crippen molar-refractivity contribution in [3.63, 3.8) is 0 Å². The molecular weight excluding hydrogens is 202 g/mol. The van der Waals surface area contributed by atoms with E-state index in [9.17, 15) is 0 Å². The van der Waals surface area contributed by atoms with Crippen LogP contribution < -0.4 is 5.32 Å². The van der Waals surface area contributed by atoms with E-state index in [1.165, 1.54) is 24.2 Å². The van der Waals surface area contributed by atoms with Gasteiger partial charge >= 0.3 is 0 Å². The van der Waals surface area contributed by atoms with E-state index in [2.05, 4.69) is 54.3 Å². The van der Waals surface area contributed by atoms with Gasteiger partial charge in [0, 0.05) is 11.8 Å². The van der Waals surface area contributed by atoms with Gasteiger partial charge in [-0.15, -0.1) is 0 Å². The Morgan fingerprint density at radius 3 is 2.60 bits per heavy atom. The summed E-state index contributed by atoms with van der Waals surface area (Å²) in [5.41, 5.74) is 1.44. The standard InChI is InChI=1S/C13H21NS/c1-3-4-10-15-13(11-14-2)12-8-6-5-7-9-12/h5-9,13-14H,3-4,10-11H2,1-2H3. The zero-order valence-corrected chi connectivity index (χ0v) is 10.5. The van der Waals surface area contributed by atoms with Gasteiger partial charge in [0.15, 0.2) is 0 Å². The Balaban J connectivity index is 2.50. The average Bonchev–Trinajstić information content (AvgIpc) is 2.29. The van der Waals surface area contributed by atoms with E-state index >= 15 is 0 Å². The van der Waals surface area contributed by atoms with E-state index in [0.29, 0.717) is 5.25 Å². The van der Waals surface area contributed by atoms with E-state index in [1.54, 1.807) is 0 Å². The second kappa shape index (κ2) is 7.77. The molecule has 0 spiro atoms. The second-order valence-corrected chi connectivity index (χ2v) is 4.99. The molecule has 0 heterocycles. The Morgan fingerprint density at radius 2 is 2.00 bits per heavy atom. The summed E-state index contributed by atoms with van der Waals surface area (Å²) < 4.78 is 0. The lowest BCUT2D eigenvalue weighted by atomic mass is 10.1. The molecule has 0 fully saturated rings. The summed E-state index contributed by atoms with van der Waals surface area (Å²) in [5, 5.41) is 3.87. The highest BCUT2D eigenvalue weighted by Gasteiger charge is 2.09. The number of unbranched alkanes of at least 4 members (excludes halogenated alkanes) is 1. The lowest BCUT2D eigenvalue weighted by Crippen LogP contribution is -2.15. The van der Waals surface area contributed by atoms with Crippen molar-refractivity contribution in [2.24, 2.45) is 0 Å². The molecule has 0 aliphatic heterocycles. The topological polar surface area (TPSA) is 12.0 Å². The van der Waals surface area contributed by atoms with Crippen LogP contribution in [0, 0.1) is 0 Å². The molecule has 2 heteroatoms. The van der Waals surface area contributed by atoms with Crippen molar-refractivity contribution in [2.75, 3.05) is 19.3 Å². The summed E-state index contributed by atoms with van der Waals surface area (Å²) in [6, 6.07) is 10.8. The molecule has 0 amide bonds. The maximum Gasteiger partial charge on any atom is 0.0421 e. The van der Waals surface area contributed by atoms with Gasteiger partial charge in [-0.1, -0.05) is 43.7 Å². The van der Waals surface area contributed by atoms with Crippen LogP contribution in [0.5, 0.6) is 0 Å². The van der Waals surface area contributed by atoms with Crippen molar-refractivity contribution in [2.45, 2.75) is 25.0 Å². The molecule has 0 bridgehead atoms. The summed E-state index contributed by atoms with van der Waals surface area (Å²) in [6.45, 7) is 3.30. The molecule has 1 N–H and O–H groups in total. The van der Waals surface area contributed by atoms with Crippen molar-refractivity contribution in [3.8, 4) is 0 Å². The van der Waals surface area contributed by atoms with E-state index in [1.807, 2.05) is 7.05 Å². The zero-order chi connectivity index (χ0) is 10.9.